The van der Waals surface area contributed by atoms with E-state index in [0.29, 0.717) is 6.10 Å². The molecule has 124 valence electrons. The van der Waals surface area contributed by atoms with Gasteiger partial charge in [0.1, 0.15) is 0 Å². The molecule has 1 aromatic rings. The average Bonchev–Trinajstić information content (AvgIpc) is 2.96. The first-order valence-corrected chi connectivity index (χ1v) is 8.92. The van der Waals surface area contributed by atoms with Crippen molar-refractivity contribution in [1.82, 2.24) is 19.4 Å². The minimum Gasteiger partial charge on any atom is -0.376 e. The molecular formula is C17H30N4O. The minimum atomic E-state index is 0.397. The zero-order valence-electron chi connectivity index (χ0n) is 13.7. The van der Waals surface area contributed by atoms with Crippen molar-refractivity contribution < 1.29 is 4.74 Å². The van der Waals surface area contributed by atoms with Crippen molar-refractivity contribution in [2.75, 3.05) is 45.9 Å². The first kappa shape index (κ1) is 16.0. The molecule has 1 atom stereocenters. The van der Waals surface area contributed by atoms with Crippen LogP contribution in [-0.4, -0.2) is 71.3 Å². The molecular weight excluding hydrogens is 276 g/mol. The summed E-state index contributed by atoms with van der Waals surface area (Å²) in [5.74, 6) is 0. The Morgan fingerprint density at radius 1 is 1.00 bits per heavy atom. The maximum Gasteiger partial charge on any atom is 0.0945 e. The van der Waals surface area contributed by atoms with E-state index in [2.05, 4.69) is 19.4 Å². The van der Waals surface area contributed by atoms with Crippen molar-refractivity contribution in [3.63, 3.8) is 0 Å². The lowest BCUT2D eigenvalue weighted by atomic mass is 10.1. The van der Waals surface area contributed by atoms with Crippen LogP contribution in [0.3, 0.4) is 0 Å². The highest BCUT2D eigenvalue weighted by Gasteiger charge is 2.21. The van der Waals surface area contributed by atoms with Gasteiger partial charge in [-0.05, 0) is 45.3 Å². The summed E-state index contributed by atoms with van der Waals surface area (Å²) in [6, 6.07) is 0. The molecule has 0 amide bonds. The van der Waals surface area contributed by atoms with E-state index in [1.54, 1.807) is 0 Å². The lowest BCUT2D eigenvalue weighted by Gasteiger charge is -2.31. The normalized spacial score (nSPS) is 25.2. The van der Waals surface area contributed by atoms with E-state index in [4.69, 9.17) is 4.74 Å². The average molecular weight is 306 g/mol. The fraction of sp³-hybridized carbons (Fsp3) is 0.824. The van der Waals surface area contributed by atoms with Gasteiger partial charge in [0.05, 0.1) is 12.4 Å². The molecule has 1 unspecified atom stereocenters. The summed E-state index contributed by atoms with van der Waals surface area (Å²) in [5.41, 5.74) is 0. The topological polar surface area (TPSA) is 33.5 Å². The van der Waals surface area contributed by atoms with E-state index in [1.807, 2.05) is 18.7 Å². The van der Waals surface area contributed by atoms with Gasteiger partial charge in [0, 0.05) is 45.2 Å². The Balaban J connectivity index is 1.40. The highest BCUT2D eigenvalue weighted by atomic mass is 16.5. The van der Waals surface area contributed by atoms with Crippen molar-refractivity contribution in [2.45, 2.75) is 44.8 Å². The smallest absolute Gasteiger partial charge is 0.0945 e. The number of hydrogen-bond donors (Lipinski definition) is 0. The van der Waals surface area contributed by atoms with Gasteiger partial charge in [0.15, 0.2) is 0 Å². The molecule has 2 aliphatic rings. The number of ether oxygens (including phenoxy) is 1. The van der Waals surface area contributed by atoms with Gasteiger partial charge >= 0.3 is 0 Å². The molecule has 5 heteroatoms. The summed E-state index contributed by atoms with van der Waals surface area (Å²) in [5, 5.41) is 0. The minimum absolute atomic E-state index is 0.397. The summed E-state index contributed by atoms with van der Waals surface area (Å²) >= 11 is 0. The van der Waals surface area contributed by atoms with Crippen LogP contribution in [0, 0.1) is 0 Å². The second-order valence-corrected chi connectivity index (χ2v) is 6.66. The number of aryl methyl sites for hydroxylation is 1. The van der Waals surface area contributed by atoms with E-state index in [0.717, 1.165) is 32.8 Å². The van der Waals surface area contributed by atoms with Gasteiger partial charge in [0.25, 0.3) is 0 Å². The number of nitrogens with zero attached hydrogens (tertiary/aromatic N) is 4. The van der Waals surface area contributed by atoms with Crippen molar-refractivity contribution in [1.29, 1.82) is 0 Å². The van der Waals surface area contributed by atoms with Gasteiger partial charge < -0.3 is 19.1 Å². The zero-order valence-corrected chi connectivity index (χ0v) is 13.7. The van der Waals surface area contributed by atoms with Crippen LogP contribution in [-0.2, 0) is 11.3 Å². The van der Waals surface area contributed by atoms with Crippen molar-refractivity contribution in [2.24, 2.45) is 0 Å². The summed E-state index contributed by atoms with van der Waals surface area (Å²) in [4.78, 5) is 9.30. The quantitative estimate of drug-likeness (QED) is 0.803. The van der Waals surface area contributed by atoms with Crippen LogP contribution in [0.5, 0.6) is 0 Å². The second-order valence-electron chi connectivity index (χ2n) is 6.66. The molecule has 2 saturated heterocycles. The molecule has 5 nitrogen and oxygen atoms in total. The first-order valence-electron chi connectivity index (χ1n) is 8.92. The molecule has 0 bridgehead atoms. The summed E-state index contributed by atoms with van der Waals surface area (Å²) < 4.78 is 8.26. The Morgan fingerprint density at radius 2 is 1.86 bits per heavy atom. The van der Waals surface area contributed by atoms with Crippen LogP contribution in [0.15, 0.2) is 18.7 Å². The number of imidazole rings is 1. The van der Waals surface area contributed by atoms with E-state index in [1.165, 1.54) is 51.7 Å². The highest BCUT2D eigenvalue weighted by molar-refractivity contribution is 4.77. The van der Waals surface area contributed by atoms with Gasteiger partial charge in [0.2, 0.25) is 0 Å². The molecule has 3 heterocycles. The summed E-state index contributed by atoms with van der Waals surface area (Å²) in [7, 11) is 0. The summed E-state index contributed by atoms with van der Waals surface area (Å²) in [6.45, 7) is 9.09. The van der Waals surface area contributed by atoms with Crippen LogP contribution in [0.2, 0.25) is 0 Å². The number of rotatable bonds is 6. The van der Waals surface area contributed by atoms with Crippen LogP contribution in [0.1, 0.15) is 32.1 Å². The standard InChI is InChI=1S/C17H30N4O/c1-2-7-19(8-3-1)14-17-15-20(11-5-13-22-17)9-4-10-21-12-6-18-16-21/h6,12,16-17H,1-5,7-11,13-15H2. The van der Waals surface area contributed by atoms with Crippen LogP contribution in [0.25, 0.3) is 0 Å². The Morgan fingerprint density at radius 3 is 2.68 bits per heavy atom. The van der Waals surface area contributed by atoms with Gasteiger partial charge in [-0.3, -0.25) is 0 Å². The predicted octanol–water partition coefficient (Wildman–Crippen LogP) is 1.85. The third kappa shape index (κ3) is 5.07. The fourth-order valence-corrected chi connectivity index (χ4v) is 3.61. The largest absolute Gasteiger partial charge is 0.376 e. The maximum absolute atomic E-state index is 6.09. The zero-order chi connectivity index (χ0) is 15.0. The SMILES string of the molecule is c1cn(CCCN2CCCOC(CN3CCCCC3)C2)cn1. The van der Waals surface area contributed by atoms with E-state index in [9.17, 15) is 0 Å². The molecule has 0 saturated carbocycles. The van der Waals surface area contributed by atoms with Crippen molar-refractivity contribution >= 4 is 0 Å². The lowest BCUT2D eigenvalue weighted by molar-refractivity contribution is 0.0223. The Hall–Kier alpha value is -0.910. The number of piperidine rings is 1. The first-order chi connectivity index (χ1) is 10.9. The number of hydrogen-bond acceptors (Lipinski definition) is 4. The van der Waals surface area contributed by atoms with Gasteiger partial charge in [-0.2, -0.15) is 0 Å². The molecule has 0 spiro atoms. The molecule has 0 radical (unpaired) electrons. The van der Waals surface area contributed by atoms with Crippen LogP contribution >= 0.6 is 0 Å². The Kier molecular flexibility index (Phi) is 6.28. The monoisotopic (exact) mass is 306 g/mol. The molecule has 0 N–H and O–H groups in total. The Bertz CT molecular complexity index is 403. The molecule has 3 rings (SSSR count). The summed E-state index contributed by atoms with van der Waals surface area (Å²) in [6.07, 6.45) is 12.7. The second kappa shape index (κ2) is 8.65. The number of likely N-dealkylation sites (tertiary alicyclic amines) is 1. The molecule has 2 aliphatic heterocycles. The van der Waals surface area contributed by atoms with E-state index >= 15 is 0 Å². The van der Waals surface area contributed by atoms with E-state index in [-0.39, 0.29) is 0 Å². The van der Waals surface area contributed by atoms with Gasteiger partial charge in [-0.25, -0.2) is 4.98 Å². The fourth-order valence-electron chi connectivity index (χ4n) is 3.61. The Labute approximate surface area is 134 Å². The molecule has 1 aromatic heterocycles. The molecule has 0 aromatic carbocycles. The molecule has 0 aliphatic carbocycles. The molecule has 22 heavy (non-hydrogen) atoms. The van der Waals surface area contributed by atoms with Crippen molar-refractivity contribution in [3.05, 3.63) is 18.7 Å². The maximum atomic E-state index is 6.09. The van der Waals surface area contributed by atoms with Gasteiger partial charge in [-0.1, -0.05) is 6.42 Å². The third-order valence-corrected chi connectivity index (χ3v) is 4.79. The predicted molar refractivity (Wildman–Crippen MR) is 87.9 cm³/mol. The molecule has 2 fully saturated rings. The van der Waals surface area contributed by atoms with Crippen LogP contribution in [0.4, 0.5) is 0 Å². The van der Waals surface area contributed by atoms with Crippen LogP contribution < -0.4 is 0 Å². The van der Waals surface area contributed by atoms with Crippen molar-refractivity contribution in [3.8, 4) is 0 Å². The number of aromatic nitrogens is 2. The highest BCUT2D eigenvalue weighted by Crippen LogP contribution is 2.13. The lowest BCUT2D eigenvalue weighted by Crippen LogP contribution is -2.42. The third-order valence-electron chi connectivity index (χ3n) is 4.79. The van der Waals surface area contributed by atoms with E-state index < -0.39 is 0 Å². The van der Waals surface area contributed by atoms with Gasteiger partial charge in [-0.15, -0.1) is 0 Å².